The van der Waals surface area contributed by atoms with E-state index in [-0.39, 0.29) is 0 Å². The minimum atomic E-state index is 0.867. The summed E-state index contributed by atoms with van der Waals surface area (Å²) in [6, 6.07) is 8.13. The highest BCUT2D eigenvalue weighted by atomic mass is 32.2. The van der Waals surface area contributed by atoms with Gasteiger partial charge >= 0.3 is 0 Å². The smallest absolute Gasteiger partial charge is 0.133 e. The van der Waals surface area contributed by atoms with E-state index in [1.807, 2.05) is 36.2 Å². The summed E-state index contributed by atoms with van der Waals surface area (Å²) in [5.41, 5.74) is 0. The Balaban J connectivity index is 1.68. The van der Waals surface area contributed by atoms with Crippen LogP contribution in [0.1, 0.15) is 0 Å². The number of nitrogens with zero attached hydrogens (tertiary/aromatic N) is 2. The lowest BCUT2D eigenvalue weighted by atomic mass is 10.1. The van der Waals surface area contributed by atoms with Gasteiger partial charge in [-0.1, -0.05) is 6.07 Å². The van der Waals surface area contributed by atoms with E-state index in [1.54, 1.807) is 7.11 Å². The molecular weight excluding hydrogens is 282 g/mol. The van der Waals surface area contributed by atoms with Crippen LogP contribution in [-0.2, 0) is 0 Å². The van der Waals surface area contributed by atoms with E-state index >= 15 is 0 Å². The van der Waals surface area contributed by atoms with Crippen LogP contribution in [0.3, 0.4) is 0 Å². The van der Waals surface area contributed by atoms with Crippen molar-refractivity contribution in [3.8, 4) is 5.75 Å². The first-order valence-corrected chi connectivity index (χ1v) is 8.49. The molecule has 0 spiro atoms. The number of ether oxygens (including phenoxy) is 1. The topological polar surface area (TPSA) is 37.4 Å². The molecule has 5 heteroatoms. The molecule has 4 nitrogen and oxygen atoms in total. The number of aromatic nitrogens is 1. The summed E-state index contributed by atoms with van der Waals surface area (Å²) in [5.74, 6) is 4.32. The summed E-state index contributed by atoms with van der Waals surface area (Å²) in [4.78, 5) is 6.98. The number of fused-ring (bicyclic) bond motifs is 1. The van der Waals surface area contributed by atoms with Crippen LogP contribution in [0.15, 0.2) is 30.5 Å². The molecule has 1 aromatic carbocycles. The van der Waals surface area contributed by atoms with Crippen LogP contribution in [0.4, 0.5) is 5.82 Å². The lowest BCUT2D eigenvalue weighted by Gasteiger charge is -2.26. The number of hydrogen-bond donors (Lipinski definition) is 1. The summed E-state index contributed by atoms with van der Waals surface area (Å²) in [6.07, 6.45) is 1.86. The van der Waals surface area contributed by atoms with Crippen LogP contribution in [0.5, 0.6) is 5.75 Å². The van der Waals surface area contributed by atoms with Gasteiger partial charge in [0.05, 0.1) is 7.11 Å². The summed E-state index contributed by atoms with van der Waals surface area (Å²) in [7, 11) is 1.69. The molecule has 2 aromatic rings. The first kappa shape index (κ1) is 14.5. The molecule has 21 heavy (non-hydrogen) atoms. The molecule has 0 amide bonds. The Kier molecular flexibility index (Phi) is 4.83. The number of benzene rings is 1. The van der Waals surface area contributed by atoms with Gasteiger partial charge in [-0.15, -0.1) is 0 Å². The number of nitrogens with one attached hydrogen (secondary N) is 1. The highest BCUT2D eigenvalue weighted by Gasteiger charge is 2.10. The minimum Gasteiger partial charge on any atom is -0.497 e. The first-order valence-electron chi connectivity index (χ1n) is 7.33. The van der Waals surface area contributed by atoms with Crippen LogP contribution in [0.2, 0.25) is 0 Å². The molecule has 0 radical (unpaired) electrons. The molecule has 1 aliphatic rings. The zero-order valence-electron chi connectivity index (χ0n) is 12.3. The summed E-state index contributed by atoms with van der Waals surface area (Å²) >= 11 is 2.05. The fourth-order valence-electron chi connectivity index (χ4n) is 2.57. The lowest BCUT2D eigenvalue weighted by Crippen LogP contribution is -2.36. The molecule has 2 heterocycles. The zero-order chi connectivity index (χ0) is 14.5. The average molecular weight is 303 g/mol. The largest absolute Gasteiger partial charge is 0.497 e. The van der Waals surface area contributed by atoms with Gasteiger partial charge in [0.1, 0.15) is 11.6 Å². The fraction of sp³-hybridized carbons (Fsp3) is 0.438. The Morgan fingerprint density at radius 3 is 2.95 bits per heavy atom. The number of thioether (sulfide) groups is 1. The van der Waals surface area contributed by atoms with Gasteiger partial charge in [-0.3, -0.25) is 4.90 Å². The molecule has 0 saturated carbocycles. The quantitative estimate of drug-likeness (QED) is 0.919. The third kappa shape index (κ3) is 3.60. The van der Waals surface area contributed by atoms with E-state index in [4.69, 9.17) is 4.74 Å². The van der Waals surface area contributed by atoms with Gasteiger partial charge in [0.25, 0.3) is 0 Å². The van der Waals surface area contributed by atoms with Gasteiger partial charge in [-0.2, -0.15) is 11.8 Å². The molecule has 1 saturated heterocycles. The van der Waals surface area contributed by atoms with Gasteiger partial charge < -0.3 is 10.1 Å². The van der Waals surface area contributed by atoms with E-state index in [0.29, 0.717) is 0 Å². The Morgan fingerprint density at radius 1 is 1.29 bits per heavy atom. The maximum Gasteiger partial charge on any atom is 0.133 e. The molecular formula is C16H21N3OS. The summed E-state index contributed by atoms with van der Waals surface area (Å²) in [5, 5.41) is 5.77. The van der Waals surface area contributed by atoms with Gasteiger partial charge in [0.2, 0.25) is 0 Å². The second-order valence-corrected chi connectivity index (χ2v) is 6.35. The maximum atomic E-state index is 5.31. The van der Waals surface area contributed by atoms with Crippen molar-refractivity contribution in [1.29, 1.82) is 0 Å². The van der Waals surface area contributed by atoms with Gasteiger partial charge in [-0.05, 0) is 23.6 Å². The lowest BCUT2D eigenvalue weighted by molar-refractivity contribution is 0.314. The van der Waals surface area contributed by atoms with E-state index in [1.165, 1.54) is 30.0 Å². The van der Waals surface area contributed by atoms with Crippen molar-refractivity contribution in [2.24, 2.45) is 0 Å². The van der Waals surface area contributed by atoms with Crippen LogP contribution in [0, 0.1) is 0 Å². The third-order valence-corrected chi connectivity index (χ3v) is 4.74. The molecule has 1 aliphatic heterocycles. The van der Waals surface area contributed by atoms with Crippen molar-refractivity contribution in [3.63, 3.8) is 0 Å². The molecule has 0 atom stereocenters. The molecule has 1 fully saturated rings. The predicted octanol–water partition coefficient (Wildman–Crippen LogP) is 2.70. The minimum absolute atomic E-state index is 0.867. The van der Waals surface area contributed by atoms with E-state index < -0.39 is 0 Å². The maximum absolute atomic E-state index is 5.31. The Labute approximate surface area is 129 Å². The highest BCUT2D eigenvalue weighted by molar-refractivity contribution is 7.99. The standard InChI is InChI=1S/C16H21N3OS/c1-20-14-3-2-13-4-5-17-16(15(13)12-14)18-6-7-19-8-10-21-11-9-19/h2-5,12H,6-11H2,1H3,(H,17,18). The molecule has 0 aliphatic carbocycles. The van der Waals surface area contributed by atoms with Gasteiger partial charge in [-0.25, -0.2) is 4.98 Å². The Bertz CT molecular complexity index is 599. The van der Waals surface area contributed by atoms with Crippen molar-refractivity contribution >= 4 is 28.4 Å². The van der Waals surface area contributed by atoms with Crippen molar-refractivity contribution < 1.29 is 4.74 Å². The average Bonchev–Trinajstić information content (AvgIpc) is 2.55. The molecule has 3 rings (SSSR count). The van der Waals surface area contributed by atoms with Crippen LogP contribution in [0.25, 0.3) is 10.8 Å². The van der Waals surface area contributed by atoms with E-state index in [0.717, 1.165) is 30.0 Å². The number of hydrogen-bond acceptors (Lipinski definition) is 5. The highest BCUT2D eigenvalue weighted by Crippen LogP contribution is 2.25. The molecule has 1 N–H and O–H groups in total. The number of methoxy groups -OCH3 is 1. The van der Waals surface area contributed by atoms with E-state index in [9.17, 15) is 0 Å². The molecule has 1 aromatic heterocycles. The predicted molar refractivity (Wildman–Crippen MR) is 90.5 cm³/mol. The van der Waals surface area contributed by atoms with E-state index in [2.05, 4.69) is 21.3 Å². The van der Waals surface area contributed by atoms with Crippen LogP contribution >= 0.6 is 11.8 Å². The number of pyridine rings is 1. The fourth-order valence-corrected chi connectivity index (χ4v) is 3.55. The molecule has 112 valence electrons. The van der Waals surface area contributed by atoms with Crippen molar-refractivity contribution in [1.82, 2.24) is 9.88 Å². The number of rotatable bonds is 5. The zero-order valence-corrected chi connectivity index (χ0v) is 13.2. The molecule has 0 bridgehead atoms. The second kappa shape index (κ2) is 7.00. The SMILES string of the molecule is COc1ccc2ccnc(NCCN3CCSCC3)c2c1. The number of anilines is 1. The summed E-state index contributed by atoms with van der Waals surface area (Å²) in [6.45, 7) is 4.39. The van der Waals surface area contributed by atoms with Crippen LogP contribution in [-0.4, -0.2) is 54.7 Å². The first-order chi connectivity index (χ1) is 10.4. The van der Waals surface area contributed by atoms with Crippen molar-refractivity contribution in [2.75, 3.05) is 50.1 Å². The third-order valence-electron chi connectivity index (χ3n) is 3.80. The van der Waals surface area contributed by atoms with Crippen LogP contribution < -0.4 is 10.1 Å². The summed E-state index contributed by atoms with van der Waals surface area (Å²) < 4.78 is 5.31. The van der Waals surface area contributed by atoms with Crippen molar-refractivity contribution in [3.05, 3.63) is 30.5 Å². The Morgan fingerprint density at radius 2 is 2.14 bits per heavy atom. The van der Waals surface area contributed by atoms with Crippen molar-refractivity contribution in [2.45, 2.75) is 0 Å². The second-order valence-electron chi connectivity index (χ2n) is 5.13. The molecule has 0 unspecified atom stereocenters. The normalized spacial score (nSPS) is 16.0. The monoisotopic (exact) mass is 303 g/mol. The Hall–Kier alpha value is -1.46. The van der Waals surface area contributed by atoms with Gasteiger partial charge in [0.15, 0.2) is 0 Å². The van der Waals surface area contributed by atoms with Gasteiger partial charge in [0, 0.05) is 49.3 Å².